The smallest absolute Gasteiger partial charge is 0.330 e. The fourth-order valence-corrected chi connectivity index (χ4v) is 10.0. The van der Waals surface area contributed by atoms with Crippen LogP contribution in [0.25, 0.3) is 0 Å². The number of nitrogens with one attached hydrogen (secondary N) is 5. The largest absolute Gasteiger partial charge is 0.394 e. The molecule has 0 radical (unpaired) electrons. The van der Waals surface area contributed by atoms with Gasteiger partial charge in [0.25, 0.3) is 22.2 Å². The zero-order valence-electron chi connectivity index (χ0n) is 42.7. The van der Waals surface area contributed by atoms with Crippen LogP contribution in [0, 0.1) is 50.9 Å². The Bertz CT molecular complexity index is 2860. The molecule has 4 fully saturated rings. The van der Waals surface area contributed by atoms with Crippen LogP contribution in [0.5, 0.6) is 0 Å². The second-order valence-electron chi connectivity index (χ2n) is 18.8. The maximum absolute atomic E-state index is 12.8. The lowest BCUT2D eigenvalue weighted by atomic mass is 9.94. The number of aromatic nitrogens is 8. The standard InChI is InChI=1S/C13H18N2O4.C12H17N3O4.C11H13FN2O5.C11H16N2O5S.CH4/c1-7(2)9-4-11(19-10(9)6-16)15-5-8(3)12(17)14-13(15)18;1-6-4-15(12(18)14-11(6)17)10-3-8(7(2)13)9(5-16)19-10;1-5-3-14(11(18)13-10(5)17)8-2-6(9(12)16)7(4-15)19-8;1-6-4-13(11(16)12-10(6)15)9-3-8(19(2)17)7(5-14)18-9;/h5,9-11,16H,1,4,6H2,2-3H3,(H,14,17,18);4,8-10,13,16H,3,5H2,1-2H3,(H,14,17,18);3,6-8,15H,2,4H2,1H3,(H,13,17,18);4,7-9,14H,3,5H2,1-2H3,(H,12,15,16);1H4/t9-,10+,11+;8-,9+,10+;6-,7-,8-;7-,8-,9-,19?;/m0011./s1. The third-order valence-electron chi connectivity index (χ3n) is 13.3. The molecular formula is C48H68FN9O18S. The predicted octanol–water partition coefficient (Wildman–Crippen LogP) is -1.16. The highest BCUT2D eigenvalue weighted by atomic mass is 32.2. The summed E-state index contributed by atoms with van der Waals surface area (Å²) < 4.78 is 51.5. The van der Waals surface area contributed by atoms with Gasteiger partial charge in [0.05, 0.1) is 62.0 Å². The maximum atomic E-state index is 12.8. The van der Waals surface area contributed by atoms with Gasteiger partial charge in [0.2, 0.25) is 0 Å². The van der Waals surface area contributed by atoms with Gasteiger partial charge in [0.1, 0.15) is 24.9 Å². The fraction of sp³-hybridized carbons (Fsp3) is 0.583. The van der Waals surface area contributed by atoms with Crippen molar-refractivity contribution in [3.63, 3.8) is 0 Å². The van der Waals surface area contributed by atoms with Gasteiger partial charge in [0, 0.05) is 107 Å². The Morgan fingerprint density at radius 1 is 0.571 bits per heavy atom. The van der Waals surface area contributed by atoms with Crippen molar-refractivity contribution in [2.45, 2.75) is 129 Å². The minimum absolute atomic E-state index is 0. The predicted molar refractivity (Wildman–Crippen MR) is 276 cm³/mol. The van der Waals surface area contributed by atoms with E-state index in [0.717, 1.165) is 10.1 Å². The number of halogens is 1. The van der Waals surface area contributed by atoms with Crippen LogP contribution in [0.2, 0.25) is 0 Å². The summed E-state index contributed by atoms with van der Waals surface area (Å²) in [4.78, 5) is 112. The molecule has 0 aromatic carbocycles. The van der Waals surface area contributed by atoms with Crippen molar-refractivity contribution in [2.75, 3.05) is 32.7 Å². The zero-order chi connectivity index (χ0) is 56.6. The van der Waals surface area contributed by atoms with E-state index < -0.39 is 118 Å². The molecule has 0 amide bonds. The molecule has 9 N–H and O–H groups in total. The Hall–Kier alpha value is -6.44. The summed E-state index contributed by atoms with van der Waals surface area (Å²) >= 11 is 0. The topological polar surface area (TPSA) is 395 Å². The number of aliphatic hydroxyl groups excluding tert-OH is 4. The normalized spacial score (nSPS) is 26.7. The van der Waals surface area contributed by atoms with Crippen LogP contribution in [0.3, 0.4) is 0 Å². The van der Waals surface area contributed by atoms with E-state index in [4.69, 9.17) is 29.5 Å². The number of aliphatic hydroxyl groups is 4. The van der Waals surface area contributed by atoms with Crippen LogP contribution < -0.4 is 45.0 Å². The number of carbonyl (C=O) groups is 1. The van der Waals surface area contributed by atoms with Crippen molar-refractivity contribution >= 4 is 22.5 Å². The van der Waals surface area contributed by atoms with Crippen molar-refractivity contribution in [3.8, 4) is 0 Å². The number of H-pyrrole nitrogens is 4. The van der Waals surface area contributed by atoms with Crippen LogP contribution in [-0.4, -0.2) is 137 Å². The summed E-state index contributed by atoms with van der Waals surface area (Å²) in [5, 5.41) is 44.1. The van der Waals surface area contributed by atoms with Gasteiger partial charge in [-0.05, 0) is 41.5 Å². The van der Waals surface area contributed by atoms with Crippen LogP contribution in [0.15, 0.2) is 75.3 Å². The Balaban J connectivity index is 0.000000221. The molecule has 29 heteroatoms. The monoisotopic (exact) mass is 1110 g/mol. The second kappa shape index (κ2) is 27.2. The lowest BCUT2D eigenvalue weighted by Gasteiger charge is -2.15. The van der Waals surface area contributed by atoms with E-state index in [9.17, 15) is 67.1 Å². The highest BCUT2D eigenvalue weighted by Gasteiger charge is 2.42. The van der Waals surface area contributed by atoms with E-state index in [-0.39, 0.29) is 56.9 Å². The van der Waals surface area contributed by atoms with Crippen molar-refractivity contribution in [1.82, 2.24) is 38.2 Å². The Kier molecular flexibility index (Phi) is 22.3. The first kappa shape index (κ1) is 63.1. The van der Waals surface area contributed by atoms with E-state index in [1.54, 1.807) is 34.0 Å². The van der Waals surface area contributed by atoms with Crippen molar-refractivity contribution in [1.29, 1.82) is 5.41 Å². The van der Waals surface area contributed by atoms with Crippen molar-refractivity contribution < 1.29 is 52.8 Å². The molecule has 1 unspecified atom stereocenters. The van der Waals surface area contributed by atoms with Crippen molar-refractivity contribution in [2.24, 2.45) is 17.8 Å². The third kappa shape index (κ3) is 15.0. The molecular weight excluding hydrogens is 1040 g/mol. The summed E-state index contributed by atoms with van der Waals surface area (Å²) in [5.74, 6) is -1.31. The molecule has 13 atom stereocenters. The van der Waals surface area contributed by atoms with Gasteiger partial charge in [-0.1, -0.05) is 19.6 Å². The van der Waals surface area contributed by atoms with E-state index in [1.807, 2.05) is 6.92 Å². The first-order chi connectivity index (χ1) is 35.7. The molecule has 4 aliphatic heterocycles. The molecule has 4 aromatic rings. The fourth-order valence-electron chi connectivity index (χ4n) is 9.01. The highest BCUT2D eigenvalue weighted by Crippen LogP contribution is 2.37. The molecule has 8 heterocycles. The lowest BCUT2D eigenvalue weighted by Crippen LogP contribution is -2.33. The second-order valence-corrected chi connectivity index (χ2v) is 20.4. The number of aromatic amines is 4. The molecule has 27 nitrogen and oxygen atoms in total. The Morgan fingerprint density at radius 3 is 1.08 bits per heavy atom. The SMILES string of the molecule is C.C=C(C)[C@@H]1C[C@H](n2cc(C)c(=O)[nH]c2=O)O[C@@H]1CO.CC(=N)[C@@H]1C[C@H](n2cc(C)c(=O)[nH]c2=O)O[C@@H]1CO.Cc1cn([C@H]2C[C@@H](C(=O)F)[C@@H](CO)O2)c(=O)[nH]c1=O.Cc1cn([C@H]2C[C@@H](S(C)=O)[C@@H](CO)O2)c(=O)[nH]c1=O. The first-order valence-corrected chi connectivity index (χ1v) is 25.4. The van der Waals surface area contributed by atoms with Crippen LogP contribution in [0.1, 0.15) is 94.1 Å². The van der Waals surface area contributed by atoms with Gasteiger partial charge in [0.15, 0.2) is 0 Å². The van der Waals surface area contributed by atoms with E-state index in [0.29, 0.717) is 47.2 Å². The Labute approximate surface area is 439 Å². The molecule has 0 bridgehead atoms. The zero-order valence-corrected chi connectivity index (χ0v) is 43.5. The summed E-state index contributed by atoms with van der Waals surface area (Å²) in [6, 6.07) is -1.59. The molecule has 77 heavy (non-hydrogen) atoms. The lowest BCUT2D eigenvalue weighted by molar-refractivity contribution is -0.136. The van der Waals surface area contributed by atoms with Gasteiger partial charge < -0.3 is 44.8 Å². The molecule has 8 rings (SSSR count). The van der Waals surface area contributed by atoms with Gasteiger partial charge >= 0.3 is 28.8 Å². The number of rotatable bonds is 12. The number of ether oxygens (including phenoxy) is 4. The van der Waals surface area contributed by atoms with Crippen LogP contribution in [0.4, 0.5) is 4.39 Å². The van der Waals surface area contributed by atoms with Gasteiger partial charge in [-0.3, -0.25) is 66.4 Å². The van der Waals surface area contributed by atoms with Crippen LogP contribution in [-0.2, 0) is 34.5 Å². The molecule has 0 aliphatic carbocycles. The van der Waals surface area contributed by atoms with E-state index >= 15 is 0 Å². The quantitative estimate of drug-likeness (QED) is 0.0459. The number of carbonyl (C=O) groups excluding carboxylic acids is 1. The minimum Gasteiger partial charge on any atom is -0.394 e. The minimum atomic E-state index is -1.59. The van der Waals surface area contributed by atoms with Crippen LogP contribution >= 0.6 is 0 Å². The third-order valence-corrected chi connectivity index (χ3v) is 14.7. The van der Waals surface area contributed by atoms with E-state index in [1.165, 1.54) is 45.4 Å². The number of aryl methyl sites for hydroxylation is 4. The summed E-state index contributed by atoms with van der Waals surface area (Å²) in [6.07, 6.45) is 3.53. The van der Waals surface area contributed by atoms with Gasteiger partial charge in [-0.15, -0.1) is 0 Å². The molecule has 4 aliphatic rings. The molecule has 426 valence electrons. The average Bonchev–Trinajstić information content (AvgIpc) is 4.19. The number of nitrogens with zero attached hydrogens (tertiary/aromatic N) is 4. The molecule has 4 aromatic heterocycles. The van der Waals surface area contributed by atoms with E-state index in [2.05, 4.69) is 26.5 Å². The van der Waals surface area contributed by atoms with Gasteiger partial charge in [-0.2, -0.15) is 4.39 Å². The molecule has 0 saturated carbocycles. The molecule has 0 spiro atoms. The number of hydrogen-bond donors (Lipinski definition) is 9. The maximum Gasteiger partial charge on any atom is 0.330 e. The first-order valence-electron chi connectivity index (χ1n) is 23.8. The Morgan fingerprint density at radius 2 is 0.844 bits per heavy atom. The highest BCUT2D eigenvalue weighted by molar-refractivity contribution is 7.85. The van der Waals surface area contributed by atoms with Crippen molar-refractivity contribution in [3.05, 3.63) is 143 Å². The molecule has 4 saturated heterocycles. The summed E-state index contributed by atoms with van der Waals surface area (Å²) in [7, 11) is -1.15. The van der Waals surface area contributed by atoms with Gasteiger partial charge in [-0.25, -0.2) is 19.2 Å². The number of hydrogen-bond acceptors (Lipinski definition) is 19. The average molecular weight is 1110 g/mol. The summed E-state index contributed by atoms with van der Waals surface area (Å²) in [6.45, 7) is 12.6. The summed E-state index contributed by atoms with van der Waals surface area (Å²) in [5.41, 5.74) is -1.21.